The van der Waals surface area contributed by atoms with Crippen LogP contribution in [0.4, 0.5) is 4.39 Å². The van der Waals surface area contributed by atoms with Gasteiger partial charge in [-0.1, -0.05) is 18.0 Å². The fourth-order valence-corrected chi connectivity index (χ4v) is 3.51. The second-order valence-electron chi connectivity index (χ2n) is 7.04. The van der Waals surface area contributed by atoms with Crippen LogP contribution in [0.1, 0.15) is 25.7 Å². The van der Waals surface area contributed by atoms with E-state index >= 15 is 0 Å². The van der Waals surface area contributed by atoms with Crippen molar-refractivity contribution in [1.29, 1.82) is 0 Å². The molecule has 2 fully saturated rings. The van der Waals surface area contributed by atoms with E-state index in [4.69, 9.17) is 11.6 Å². The first kappa shape index (κ1) is 18.8. The third-order valence-corrected chi connectivity index (χ3v) is 5.47. The van der Waals surface area contributed by atoms with E-state index in [2.05, 4.69) is 5.10 Å². The van der Waals surface area contributed by atoms with Gasteiger partial charge in [0.25, 0.3) is 5.56 Å². The Labute approximate surface area is 155 Å². The van der Waals surface area contributed by atoms with Crippen LogP contribution >= 0.6 is 11.6 Å². The van der Waals surface area contributed by atoms with Crippen LogP contribution in [0.3, 0.4) is 0 Å². The maximum atomic E-state index is 14.4. The van der Waals surface area contributed by atoms with Gasteiger partial charge >= 0.3 is 0 Å². The molecule has 1 aromatic heterocycles. The lowest BCUT2D eigenvalue weighted by molar-refractivity contribution is -0.135. The van der Waals surface area contributed by atoms with Crippen LogP contribution in [0.25, 0.3) is 0 Å². The topological polar surface area (TPSA) is 75.5 Å². The number of amides is 2. The first-order valence-corrected chi connectivity index (χ1v) is 9.14. The van der Waals surface area contributed by atoms with Gasteiger partial charge in [0.2, 0.25) is 11.8 Å². The number of halogens is 2. The molecule has 26 heavy (non-hydrogen) atoms. The van der Waals surface area contributed by atoms with E-state index in [1.165, 1.54) is 21.9 Å². The molecule has 142 valence electrons. The summed E-state index contributed by atoms with van der Waals surface area (Å²) in [5, 5.41) is 3.90. The second kappa shape index (κ2) is 7.73. The van der Waals surface area contributed by atoms with E-state index in [1.54, 1.807) is 7.05 Å². The molecule has 7 nitrogen and oxygen atoms in total. The predicted octanol–water partition coefficient (Wildman–Crippen LogP) is 1.09. The lowest BCUT2D eigenvalue weighted by atomic mass is 9.82. The molecule has 2 heterocycles. The lowest BCUT2D eigenvalue weighted by Gasteiger charge is -2.30. The number of carbonyl (C=O) groups excluding carboxylic acids is 2. The number of rotatable bonds is 5. The Balaban J connectivity index is 1.60. The van der Waals surface area contributed by atoms with Gasteiger partial charge < -0.3 is 9.80 Å². The normalized spacial score (nSPS) is 23.0. The van der Waals surface area contributed by atoms with E-state index in [-0.39, 0.29) is 30.7 Å². The van der Waals surface area contributed by atoms with Crippen LogP contribution in [0.5, 0.6) is 0 Å². The quantitative estimate of drug-likeness (QED) is 0.761. The van der Waals surface area contributed by atoms with Crippen LogP contribution < -0.4 is 5.56 Å². The SMILES string of the molecule is CN(C(=O)CC1CCC1)C1CN(C(=O)Cn2nc(Cl)ccc2=O)CC1F. The van der Waals surface area contributed by atoms with Crippen molar-refractivity contribution in [2.75, 3.05) is 20.1 Å². The number of likely N-dealkylation sites (N-methyl/N-ethyl adjacent to an activating group) is 1. The third-order valence-electron chi connectivity index (χ3n) is 5.27. The molecule has 2 aliphatic rings. The van der Waals surface area contributed by atoms with Crippen molar-refractivity contribution in [2.24, 2.45) is 5.92 Å². The van der Waals surface area contributed by atoms with Gasteiger partial charge in [0.05, 0.1) is 12.6 Å². The molecule has 1 aliphatic carbocycles. The molecule has 2 unspecified atom stereocenters. The minimum absolute atomic E-state index is 0.0793. The number of nitrogens with zero attached hydrogens (tertiary/aromatic N) is 4. The molecular formula is C17H22ClFN4O3. The minimum Gasteiger partial charge on any atom is -0.338 e. The third kappa shape index (κ3) is 4.06. The number of hydrogen-bond donors (Lipinski definition) is 0. The fraction of sp³-hybridized carbons (Fsp3) is 0.647. The Morgan fingerprint density at radius 1 is 1.35 bits per heavy atom. The van der Waals surface area contributed by atoms with Gasteiger partial charge in [0, 0.05) is 26.1 Å². The lowest BCUT2D eigenvalue weighted by Crippen LogP contribution is -2.44. The van der Waals surface area contributed by atoms with Gasteiger partial charge in [-0.15, -0.1) is 0 Å². The summed E-state index contributed by atoms with van der Waals surface area (Å²) < 4.78 is 15.4. The zero-order valence-electron chi connectivity index (χ0n) is 14.6. The molecule has 2 amide bonds. The van der Waals surface area contributed by atoms with Crippen molar-refractivity contribution in [3.05, 3.63) is 27.6 Å². The minimum atomic E-state index is -1.31. The summed E-state index contributed by atoms with van der Waals surface area (Å²) in [6.45, 7) is -0.291. The zero-order valence-corrected chi connectivity index (χ0v) is 15.4. The van der Waals surface area contributed by atoms with Crippen molar-refractivity contribution in [2.45, 2.75) is 44.4 Å². The van der Waals surface area contributed by atoms with Gasteiger partial charge in [-0.25, -0.2) is 9.07 Å². The maximum absolute atomic E-state index is 14.4. The van der Waals surface area contributed by atoms with E-state index in [0.29, 0.717) is 12.3 Å². The summed E-state index contributed by atoms with van der Waals surface area (Å²) in [4.78, 5) is 39.2. The molecule has 1 saturated heterocycles. The van der Waals surface area contributed by atoms with Crippen LogP contribution in [-0.2, 0) is 16.1 Å². The molecule has 1 aliphatic heterocycles. The molecule has 1 aromatic rings. The second-order valence-corrected chi connectivity index (χ2v) is 7.43. The first-order chi connectivity index (χ1) is 12.3. The Morgan fingerprint density at radius 2 is 2.08 bits per heavy atom. The van der Waals surface area contributed by atoms with Crippen LogP contribution in [-0.4, -0.2) is 63.7 Å². The number of carbonyl (C=O) groups is 2. The first-order valence-electron chi connectivity index (χ1n) is 8.76. The molecular weight excluding hydrogens is 363 g/mol. The highest BCUT2D eigenvalue weighted by Gasteiger charge is 2.40. The average molecular weight is 385 g/mol. The number of likely N-dealkylation sites (tertiary alicyclic amines) is 1. The highest BCUT2D eigenvalue weighted by Crippen LogP contribution is 2.30. The largest absolute Gasteiger partial charge is 0.338 e. The van der Waals surface area contributed by atoms with Crippen molar-refractivity contribution in [3.8, 4) is 0 Å². The van der Waals surface area contributed by atoms with Gasteiger partial charge in [0.1, 0.15) is 17.9 Å². The van der Waals surface area contributed by atoms with E-state index in [9.17, 15) is 18.8 Å². The maximum Gasteiger partial charge on any atom is 0.267 e. The summed E-state index contributed by atoms with van der Waals surface area (Å²) in [5.74, 6) is -0.0980. The molecule has 0 bridgehead atoms. The zero-order chi connectivity index (χ0) is 18.8. The summed E-state index contributed by atoms with van der Waals surface area (Å²) in [6.07, 6.45) is 2.38. The summed E-state index contributed by atoms with van der Waals surface area (Å²) in [6, 6.07) is 1.91. The van der Waals surface area contributed by atoms with E-state index in [0.717, 1.165) is 23.9 Å². The smallest absolute Gasteiger partial charge is 0.267 e. The van der Waals surface area contributed by atoms with Gasteiger partial charge in [-0.05, 0) is 24.8 Å². The molecule has 1 saturated carbocycles. The van der Waals surface area contributed by atoms with Crippen molar-refractivity contribution < 1.29 is 14.0 Å². The van der Waals surface area contributed by atoms with Gasteiger partial charge in [0.15, 0.2) is 0 Å². The summed E-state index contributed by atoms with van der Waals surface area (Å²) in [5.41, 5.74) is -0.455. The molecule has 0 radical (unpaired) electrons. The van der Waals surface area contributed by atoms with Gasteiger partial charge in [-0.3, -0.25) is 14.4 Å². The molecule has 0 N–H and O–H groups in total. The Kier molecular flexibility index (Phi) is 5.60. The van der Waals surface area contributed by atoms with Crippen molar-refractivity contribution in [1.82, 2.24) is 19.6 Å². The molecule has 0 aromatic carbocycles. The summed E-state index contributed by atoms with van der Waals surface area (Å²) in [7, 11) is 1.59. The van der Waals surface area contributed by atoms with E-state index in [1.807, 2.05) is 0 Å². The monoisotopic (exact) mass is 384 g/mol. The van der Waals surface area contributed by atoms with Crippen molar-refractivity contribution in [3.63, 3.8) is 0 Å². The average Bonchev–Trinajstić information content (AvgIpc) is 2.95. The molecule has 2 atom stereocenters. The van der Waals surface area contributed by atoms with Crippen molar-refractivity contribution >= 4 is 23.4 Å². The number of alkyl halides is 1. The van der Waals surface area contributed by atoms with Crippen LogP contribution in [0, 0.1) is 5.92 Å². The standard InChI is InChI=1S/C17H22ClFN4O3/c1-21(16(25)7-11-3-2-4-11)13-9-22(8-12(13)19)17(26)10-23-15(24)6-5-14(18)20-23/h5-6,11-13H,2-4,7-10H2,1H3. The predicted molar refractivity (Wildman–Crippen MR) is 93.5 cm³/mol. The molecule has 9 heteroatoms. The van der Waals surface area contributed by atoms with Crippen LogP contribution in [0.15, 0.2) is 16.9 Å². The Morgan fingerprint density at radius 3 is 2.73 bits per heavy atom. The highest BCUT2D eigenvalue weighted by atomic mass is 35.5. The van der Waals surface area contributed by atoms with Crippen LogP contribution in [0.2, 0.25) is 5.15 Å². The van der Waals surface area contributed by atoms with E-state index < -0.39 is 23.7 Å². The highest BCUT2D eigenvalue weighted by molar-refractivity contribution is 6.29. The van der Waals surface area contributed by atoms with Gasteiger partial charge in [-0.2, -0.15) is 5.10 Å². The number of aromatic nitrogens is 2. The Hall–Kier alpha value is -1.96. The fourth-order valence-electron chi connectivity index (χ4n) is 3.35. The molecule has 3 rings (SSSR count). The number of hydrogen-bond acceptors (Lipinski definition) is 4. The Bertz CT molecular complexity index is 752. The summed E-state index contributed by atoms with van der Waals surface area (Å²) >= 11 is 5.74. The molecule has 0 spiro atoms.